The Bertz CT molecular complexity index is 358. The minimum Gasteiger partial charge on any atom is -0.310 e. The predicted molar refractivity (Wildman–Crippen MR) is 54.5 cm³/mol. The number of nitrogens with zero attached hydrogens (tertiary/aromatic N) is 2. The smallest absolute Gasteiger partial charge is 0.115 e. The zero-order chi connectivity index (χ0) is 9.38. The van der Waals surface area contributed by atoms with E-state index in [9.17, 15) is 0 Å². The van der Waals surface area contributed by atoms with E-state index in [0.29, 0.717) is 6.04 Å². The molecule has 0 radical (unpaired) electrons. The van der Waals surface area contributed by atoms with Gasteiger partial charge in [0.15, 0.2) is 0 Å². The van der Waals surface area contributed by atoms with Crippen LogP contribution in [0.15, 0.2) is 24.8 Å². The van der Waals surface area contributed by atoms with Gasteiger partial charge in [-0.15, -0.1) is 0 Å². The van der Waals surface area contributed by atoms with Crippen molar-refractivity contribution in [3.05, 3.63) is 30.4 Å². The topological polar surface area (TPSA) is 37.8 Å². The molecule has 3 rings (SSSR count). The van der Waals surface area contributed by atoms with Crippen LogP contribution in [0.3, 0.4) is 0 Å². The molecular formula is C11H13N3. The molecule has 0 amide bonds. The third kappa shape index (κ3) is 1.34. The van der Waals surface area contributed by atoms with Crippen molar-refractivity contribution in [2.45, 2.75) is 18.9 Å². The lowest BCUT2D eigenvalue weighted by atomic mass is 9.87. The first kappa shape index (κ1) is 8.12. The third-order valence-electron chi connectivity index (χ3n) is 3.10. The molecule has 14 heavy (non-hydrogen) atoms. The van der Waals surface area contributed by atoms with Crippen LogP contribution in [0, 0.1) is 5.92 Å². The van der Waals surface area contributed by atoms with Gasteiger partial charge in [-0.3, -0.25) is 0 Å². The van der Waals surface area contributed by atoms with Gasteiger partial charge in [0.05, 0.1) is 0 Å². The highest BCUT2D eigenvalue weighted by Gasteiger charge is 2.28. The van der Waals surface area contributed by atoms with Crippen LogP contribution in [-0.2, 0) is 0 Å². The highest BCUT2D eigenvalue weighted by Crippen LogP contribution is 2.33. The molecule has 3 nitrogen and oxygen atoms in total. The van der Waals surface area contributed by atoms with Gasteiger partial charge in [0.25, 0.3) is 0 Å². The summed E-state index contributed by atoms with van der Waals surface area (Å²) in [5, 5.41) is 3.50. The Balaban J connectivity index is 1.93. The molecule has 2 heterocycles. The molecule has 0 saturated carbocycles. The number of hydrogen-bond donors (Lipinski definition) is 1. The molecule has 2 atom stereocenters. The molecule has 0 aromatic carbocycles. The molecule has 1 fully saturated rings. The molecule has 2 unspecified atom stereocenters. The average molecular weight is 187 g/mol. The molecule has 0 spiro atoms. The largest absolute Gasteiger partial charge is 0.310 e. The van der Waals surface area contributed by atoms with Gasteiger partial charge in [-0.05, 0) is 30.9 Å². The first-order chi connectivity index (χ1) is 6.92. The van der Waals surface area contributed by atoms with E-state index in [0.717, 1.165) is 5.92 Å². The van der Waals surface area contributed by atoms with E-state index in [1.165, 1.54) is 30.5 Å². The van der Waals surface area contributed by atoms with Crippen molar-refractivity contribution in [1.82, 2.24) is 15.3 Å². The van der Waals surface area contributed by atoms with Gasteiger partial charge in [0.1, 0.15) is 6.33 Å². The van der Waals surface area contributed by atoms with Gasteiger partial charge in [0, 0.05) is 24.0 Å². The molecule has 2 bridgehead atoms. The summed E-state index contributed by atoms with van der Waals surface area (Å²) in [7, 11) is 0. The highest BCUT2D eigenvalue weighted by atomic mass is 14.9. The van der Waals surface area contributed by atoms with Crippen molar-refractivity contribution in [1.29, 1.82) is 0 Å². The maximum absolute atomic E-state index is 4.06. The molecular weight excluding hydrogens is 174 g/mol. The van der Waals surface area contributed by atoms with Crippen molar-refractivity contribution in [3.63, 3.8) is 0 Å². The van der Waals surface area contributed by atoms with E-state index in [2.05, 4.69) is 21.4 Å². The lowest BCUT2D eigenvalue weighted by Gasteiger charge is -2.17. The zero-order valence-corrected chi connectivity index (χ0v) is 7.98. The molecule has 1 aromatic heterocycles. The molecule has 1 aliphatic heterocycles. The maximum atomic E-state index is 4.06. The molecule has 72 valence electrons. The Labute approximate surface area is 83.3 Å². The lowest BCUT2D eigenvalue weighted by molar-refractivity contribution is 0.579. The molecule has 3 heteroatoms. The molecule has 2 aliphatic rings. The van der Waals surface area contributed by atoms with Crippen molar-refractivity contribution in [3.8, 4) is 0 Å². The number of nitrogens with one attached hydrogen (secondary N) is 1. The number of fused-ring (bicyclic) bond motifs is 2. The summed E-state index contributed by atoms with van der Waals surface area (Å²) in [6.45, 7) is 1.17. The van der Waals surface area contributed by atoms with Crippen LogP contribution in [0.25, 0.3) is 5.57 Å². The fourth-order valence-electron chi connectivity index (χ4n) is 2.43. The van der Waals surface area contributed by atoms with Crippen LogP contribution < -0.4 is 5.32 Å². The summed E-state index contributed by atoms with van der Waals surface area (Å²) < 4.78 is 0. The number of hydrogen-bond acceptors (Lipinski definition) is 3. The third-order valence-corrected chi connectivity index (χ3v) is 3.10. The second kappa shape index (κ2) is 3.17. The summed E-state index contributed by atoms with van der Waals surface area (Å²) >= 11 is 0. The second-order valence-electron chi connectivity index (χ2n) is 4.14. The zero-order valence-electron chi connectivity index (χ0n) is 7.98. The van der Waals surface area contributed by atoms with E-state index in [4.69, 9.17) is 0 Å². The van der Waals surface area contributed by atoms with Gasteiger partial charge in [-0.2, -0.15) is 0 Å². The highest BCUT2D eigenvalue weighted by molar-refractivity contribution is 5.66. The van der Waals surface area contributed by atoms with Crippen LogP contribution in [0.1, 0.15) is 18.4 Å². The predicted octanol–water partition coefficient (Wildman–Crippen LogP) is 1.24. The minimum absolute atomic E-state index is 0.587. The maximum Gasteiger partial charge on any atom is 0.115 e. The first-order valence-corrected chi connectivity index (χ1v) is 5.11. The first-order valence-electron chi connectivity index (χ1n) is 5.11. The van der Waals surface area contributed by atoms with Crippen molar-refractivity contribution in [2.75, 3.05) is 6.54 Å². The van der Waals surface area contributed by atoms with Gasteiger partial charge in [-0.1, -0.05) is 6.08 Å². The Kier molecular flexibility index (Phi) is 1.84. The summed E-state index contributed by atoms with van der Waals surface area (Å²) in [6, 6.07) is 0.587. The Morgan fingerprint density at radius 3 is 2.93 bits per heavy atom. The Morgan fingerprint density at radius 1 is 1.29 bits per heavy atom. The fraction of sp³-hybridized carbons (Fsp3) is 0.455. The summed E-state index contributed by atoms with van der Waals surface area (Å²) in [6.07, 6.45) is 10.2. The van der Waals surface area contributed by atoms with Crippen LogP contribution >= 0.6 is 0 Å². The van der Waals surface area contributed by atoms with E-state index in [1.807, 2.05) is 12.4 Å². The van der Waals surface area contributed by atoms with Crippen LogP contribution in [-0.4, -0.2) is 22.6 Å². The van der Waals surface area contributed by atoms with Gasteiger partial charge >= 0.3 is 0 Å². The van der Waals surface area contributed by atoms with Crippen molar-refractivity contribution >= 4 is 5.57 Å². The SMILES string of the molecule is C1=C(c2cncnc2)CC2CNC1C2. The van der Waals surface area contributed by atoms with Gasteiger partial charge < -0.3 is 5.32 Å². The van der Waals surface area contributed by atoms with Gasteiger partial charge in [0.2, 0.25) is 0 Å². The summed E-state index contributed by atoms with van der Waals surface area (Å²) in [5.41, 5.74) is 2.60. The van der Waals surface area contributed by atoms with Crippen molar-refractivity contribution in [2.24, 2.45) is 5.92 Å². The van der Waals surface area contributed by atoms with E-state index in [1.54, 1.807) is 6.33 Å². The van der Waals surface area contributed by atoms with E-state index >= 15 is 0 Å². The van der Waals surface area contributed by atoms with Crippen LogP contribution in [0.4, 0.5) is 0 Å². The molecule has 1 aliphatic carbocycles. The minimum atomic E-state index is 0.587. The monoisotopic (exact) mass is 187 g/mol. The Hall–Kier alpha value is -1.22. The number of allylic oxidation sites excluding steroid dienone is 1. The van der Waals surface area contributed by atoms with E-state index < -0.39 is 0 Å². The number of aromatic nitrogens is 2. The molecule has 1 N–H and O–H groups in total. The summed E-state index contributed by atoms with van der Waals surface area (Å²) in [4.78, 5) is 8.12. The average Bonchev–Trinajstić information content (AvgIpc) is 2.59. The molecule has 1 saturated heterocycles. The quantitative estimate of drug-likeness (QED) is 0.718. The van der Waals surface area contributed by atoms with Crippen LogP contribution in [0.5, 0.6) is 0 Å². The normalized spacial score (nSPS) is 30.1. The fourth-order valence-corrected chi connectivity index (χ4v) is 2.43. The van der Waals surface area contributed by atoms with Crippen LogP contribution in [0.2, 0.25) is 0 Å². The number of rotatable bonds is 1. The molecule has 1 aromatic rings. The van der Waals surface area contributed by atoms with E-state index in [-0.39, 0.29) is 0 Å². The summed E-state index contributed by atoms with van der Waals surface area (Å²) in [5.74, 6) is 0.820. The standard InChI is InChI=1S/C11H13N3/c1-8-2-11(14-4-8)3-9(1)10-5-12-7-13-6-10/h3,5-8,11,14H,1-2,4H2. The lowest BCUT2D eigenvalue weighted by Crippen LogP contribution is -2.18. The second-order valence-corrected chi connectivity index (χ2v) is 4.14. The Morgan fingerprint density at radius 2 is 2.14 bits per heavy atom. The van der Waals surface area contributed by atoms with Gasteiger partial charge in [-0.25, -0.2) is 9.97 Å². The van der Waals surface area contributed by atoms with Crippen molar-refractivity contribution < 1.29 is 0 Å².